The Hall–Kier alpha value is -1.92. The van der Waals surface area contributed by atoms with Crippen LogP contribution in [-0.2, 0) is 0 Å². The molecule has 1 aromatic carbocycles. The summed E-state index contributed by atoms with van der Waals surface area (Å²) in [6.45, 7) is 4.49. The molecule has 0 aliphatic rings. The number of nitrogens with zero attached hydrogens (tertiary/aromatic N) is 2. The van der Waals surface area contributed by atoms with Gasteiger partial charge in [-0.25, -0.2) is 10.8 Å². The Morgan fingerprint density at radius 3 is 2.62 bits per heavy atom. The summed E-state index contributed by atoms with van der Waals surface area (Å²) >= 11 is 3.33. The highest BCUT2D eigenvalue weighted by Crippen LogP contribution is 2.23. The highest BCUT2D eigenvalue weighted by molar-refractivity contribution is 9.10. The van der Waals surface area contributed by atoms with Crippen molar-refractivity contribution in [2.24, 2.45) is 5.84 Å². The van der Waals surface area contributed by atoms with Crippen molar-refractivity contribution in [1.82, 2.24) is 4.98 Å². The van der Waals surface area contributed by atoms with Crippen LogP contribution in [0.4, 0.5) is 11.5 Å². The quantitative estimate of drug-likeness (QED) is 0.657. The Kier molecular flexibility index (Phi) is 4.93. The van der Waals surface area contributed by atoms with Crippen molar-refractivity contribution in [3.8, 4) is 0 Å². The van der Waals surface area contributed by atoms with Crippen LogP contribution in [0.5, 0.6) is 0 Å². The maximum absolute atomic E-state index is 12.8. The standard InChI is InChI=1S/C15H17BrN4O/c1-3-20(12-6-4-10(2)5-7-12)15(21)13-8-11(16)9-18-14(13)19-17/h4-9H,3,17H2,1-2H3,(H,18,19). The highest BCUT2D eigenvalue weighted by Gasteiger charge is 2.20. The molecule has 0 aliphatic carbocycles. The van der Waals surface area contributed by atoms with Gasteiger partial charge in [-0.05, 0) is 48.0 Å². The van der Waals surface area contributed by atoms with Gasteiger partial charge in [-0.15, -0.1) is 0 Å². The van der Waals surface area contributed by atoms with Gasteiger partial charge in [0, 0.05) is 22.9 Å². The Bertz CT molecular complexity index is 643. The molecule has 0 radical (unpaired) electrons. The molecule has 0 atom stereocenters. The van der Waals surface area contributed by atoms with Crippen LogP contribution < -0.4 is 16.2 Å². The minimum absolute atomic E-state index is 0.150. The maximum Gasteiger partial charge on any atom is 0.262 e. The van der Waals surface area contributed by atoms with Gasteiger partial charge >= 0.3 is 0 Å². The highest BCUT2D eigenvalue weighted by atomic mass is 79.9. The third-order valence-corrected chi connectivity index (χ3v) is 3.56. The van der Waals surface area contributed by atoms with Gasteiger partial charge in [0.05, 0.1) is 5.56 Å². The molecule has 110 valence electrons. The first-order valence-corrected chi connectivity index (χ1v) is 7.36. The topological polar surface area (TPSA) is 71.2 Å². The normalized spacial score (nSPS) is 10.3. The van der Waals surface area contributed by atoms with E-state index in [4.69, 9.17) is 5.84 Å². The van der Waals surface area contributed by atoms with E-state index in [-0.39, 0.29) is 5.91 Å². The van der Waals surface area contributed by atoms with Crippen LogP contribution >= 0.6 is 15.9 Å². The van der Waals surface area contributed by atoms with Gasteiger partial charge in [0.25, 0.3) is 5.91 Å². The monoisotopic (exact) mass is 348 g/mol. The second-order valence-electron chi connectivity index (χ2n) is 4.58. The van der Waals surface area contributed by atoms with Gasteiger partial charge < -0.3 is 10.3 Å². The van der Waals surface area contributed by atoms with Crippen molar-refractivity contribution in [3.63, 3.8) is 0 Å². The Labute approximate surface area is 132 Å². The smallest absolute Gasteiger partial charge is 0.262 e. The molecule has 0 unspecified atom stereocenters. The first-order valence-electron chi connectivity index (χ1n) is 6.57. The molecular formula is C15H17BrN4O. The molecule has 6 heteroatoms. The van der Waals surface area contributed by atoms with Crippen LogP contribution in [0.1, 0.15) is 22.8 Å². The zero-order valence-electron chi connectivity index (χ0n) is 11.9. The van der Waals surface area contributed by atoms with E-state index in [0.717, 1.165) is 15.7 Å². The molecule has 0 saturated heterocycles. The lowest BCUT2D eigenvalue weighted by Crippen LogP contribution is -2.32. The van der Waals surface area contributed by atoms with Crippen LogP contribution in [-0.4, -0.2) is 17.4 Å². The van der Waals surface area contributed by atoms with Crippen molar-refractivity contribution in [2.45, 2.75) is 13.8 Å². The van der Waals surface area contributed by atoms with Crippen LogP contribution in [0.3, 0.4) is 0 Å². The Balaban J connectivity index is 2.41. The predicted molar refractivity (Wildman–Crippen MR) is 88.3 cm³/mol. The van der Waals surface area contributed by atoms with E-state index in [1.807, 2.05) is 38.1 Å². The van der Waals surface area contributed by atoms with Crippen molar-refractivity contribution < 1.29 is 4.79 Å². The number of pyridine rings is 1. The van der Waals surface area contributed by atoms with Gasteiger partial charge in [-0.1, -0.05) is 17.7 Å². The van der Waals surface area contributed by atoms with E-state index in [1.165, 1.54) is 0 Å². The Morgan fingerprint density at radius 2 is 2.05 bits per heavy atom. The SMILES string of the molecule is CCN(C(=O)c1cc(Br)cnc1NN)c1ccc(C)cc1. The minimum atomic E-state index is -0.150. The first-order chi connectivity index (χ1) is 10.1. The number of carbonyl (C=O) groups excluding carboxylic acids is 1. The molecule has 0 bridgehead atoms. The molecule has 1 heterocycles. The van der Waals surface area contributed by atoms with Gasteiger partial charge in [-0.2, -0.15) is 0 Å². The average Bonchev–Trinajstić information content (AvgIpc) is 2.49. The van der Waals surface area contributed by atoms with E-state index < -0.39 is 0 Å². The zero-order chi connectivity index (χ0) is 15.4. The van der Waals surface area contributed by atoms with Crippen LogP contribution in [0.2, 0.25) is 0 Å². The lowest BCUT2D eigenvalue weighted by atomic mass is 10.1. The summed E-state index contributed by atoms with van der Waals surface area (Å²) in [5.74, 6) is 5.65. The van der Waals surface area contributed by atoms with Crippen molar-refractivity contribution in [3.05, 3.63) is 52.1 Å². The summed E-state index contributed by atoms with van der Waals surface area (Å²) in [6, 6.07) is 9.52. The summed E-state index contributed by atoms with van der Waals surface area (Å²) in [6.07, 6.45) is 1.59. The van der Waals surface area contributed by atoms with E-state index >= 15 is 0 Å². The number of carbonyl (C=O) groups is 1. The number of hydrogen-bond acceptors (Lipinski definition) is 4. The maximum atomic E-state index is 12.8. The molecule has 0 fully saturated rings. The van der Waals surface area contributed by atoms with Crippen LogP contribution in [0, 0.1) is 6.92 Å². The number of aryl methyl sites for hydroxylation is 1. The summed E-state index contributed by atoms with van der Waals surface area (Å²) in [4.78, 5) is 18.6. The van der Waals surface area contributed by atoms with Gasteiger partial charge in [0.2, 0.25) is 0 Å². The summed E-state index contributed by atoms with van der Waals surface area (Å²) < 4.78 is 0.727. The fraction of sp³-hybridized carbons (Fsp3) is 0.200. The van der Waals surface area contributed by atoms with Crippen LogP contribution in [0.25, 0.3) is 0 Å². The van der Waals surface area contributed by atoms with Gasteiger partial charge in [0.15, 0.2) is 5.82 Å². The Morgan fingerprint density at radius 1 is 1.38 bits per heavy atom. The van der Waals surface area contributed by atoms with E-state index in [2.05, 4.69) is 26.3 Å². The second kappa shape index (κ2) is 6.69. The number of aromatic nitrogens is 1. The number of nitrogen functional groups attached to an aromatic ring is 1. The van der Waals surface area contributed by atoms with Crippen molar-refractivity contribution >= 4 is 33.3 Å². The summed E-state index contributed by atoms with van der Waals surface area (Å²) in [5.41, 5.74) is 4.88. The lowest BCUT2D eigenvalue weighted by molar-refractivity contribution is 0.0988. The number of amides is 1. The van der Waals surface area contributed by atoms with Gasteiger partial charge in [-0.3, -0.25) is 4.79 Å². The predicted octanol–water partition coefficient (Wildman–Crippen LogP) is 3.10. The number of nitrogens with two attached hydrogens (primary N) is 1. The first kappa shape index (κ1) is 15.5. The molecule has 0 aliphatic heterocycles. The fourth-order valence-corrected chi connectivity index (χ4v) is 2.36. The van der Waals surface area contributed by atoms with E-state index in [9.17, 15) is 4.79 Å². The minimum Gasteiger partial charge on any atom is -0.309 e. The zero-order valence-corrected chi connectivity index (χ0v) is 13.5. The largest absolute Gasteiger partial charge is 0.309 e. The second-order valence-corrected chi connectivity index (χ2v) is 5.49. The molecule has 5 nitrogen and oxygen atoms in total. The fourth-order valence-electron chi connectivity index (χ4n) is 2.03. The molecule has 0 saturated carbocycles. The molecule has 1 amide bonds. The van der Waals surface area contributed by atoms with Crippen LogP contribution in [0.15, 0.2) is 41.0 Å². The van der Waals surface area contributed by atoms with Crippen molar-refractivity contribution in [1.29, 1.82) is 0 Å². The molecular weight excluding hydrogens is 332 g/mol. The number of halogens is 1. The van der Waals surface area contributed by atoms with E-state index in [1.54, 1.807) is 17.2 Å². The molecule has 2 aromatic rings. The molecule has 1 aromatic heterocycles. The third kappa shape index (κ3) is 3.40. The number of rotatable bonds is 4. The third-order valence-electron chi connectivity index (χ3n) is 3.13. The van der Waals surface area contributed by atoms with Gasteiger partial charge in [0.1, 0.15) is 0 Å². The molecule has 21 heavy (non-hydrogen) atoms. The number of nitrogens with one attached hydrogen (secondary N) is 1. The summed E-state index contributed by atoms with van der Waals surface area (Å²) in [7, 11) is 0. The lowest BCUT2D eigenvalue weighted by Gasteiger charge is -2.22. The number of hydrazine groups is 1. The average molecular weight is 349 g/mol. The van der Waals surface area contributed by atoms with Crippen molar-refractivity contribution in [2.75, 3.05) is 16.9 Å². The summed E-state index contributed by atoms with van der Waals surface area (Å²) in [5, 5.41) is 0. The number of anilines is 2. The number of benzene rings is 1. The van der Waals surface area contributed by atoms with E-state index in [0.29, 0.717) is 17.9 Å². The number of hydrogen-bond donors (Lipinski definition) is 2. The molecule has 0 spiro atoms. The molecule has 3 N–H and O–H groups in total. The molecule has 2 rings (SSSR count).